The van der Waals surface area contributed by atoms with Crippen molar-refractivity contribution in [2.24, 2.45) is 5.73 Å². The van der Waals surface area contributed by atoms with E-state index in [9.17, 15) is 4.79 Å². The number of hydrogen-bond donors (Lipinski definition) is 1. The summed E-state index contributed by atoms with van der Waals surface area (Å²) in [5.41, 5.74) is 5.86. The number of halogens is 1. The summed E-state index contributed by atoms with van der Waals surface area (Å²) in [6.45, 7) is 7.50. The van der Waals surface area contributed by atoms with Gasteiger partial charge in [0.25, 0.3) is 0 Å². The minimum absolute atomic E-state index is 0. The Morgan fingerprint density at radius 1 is 1.47 bits per heavy atom. The summed E-state index contributed by atoms with van der Waals surface area (Å²) in [6.07, 6.45) is 2.95. The van der Waals surface area contributed by atoms with Gasteiger partial charge in [-0.15, -0.1) is 12.4 Å². The molecule has 1 fully saturated rings. The Hall–Kier alpha value is -0.320. The number of hydrogen-bond acceptors (Lipinski definition) is 3. The fourth-order valence-corrected chi connectivity index (χ4v) is 2.12. The summed E-state index contributed by atoms with van der Waals surface area (Å²) < 4.78 is 5.72. The van der Waals surface area contributed by atoms with Crippen LogP contribution in [0.5, 0.6) is 0 Å². The van der Waals surface area contributed by atoms with Gasteiger partial charge in [-0.1, -0.05) is 20.3 Å². The van der Waals surface area contributed by atoms with Gasteiger partial charge < -0.3 is 15.4 Å². The predicted octanol–water partition coefficient (Wildman–Crippen LogP) is 1.56. The molecular weight excluding hydrogens is 240 g/mol. The number of carbonyl (C=O) groups excluding carboxylic acids is 1. The largest absolute Gasteiger partial charge is 0.372 e. The number of morpholine rings is 1. The molecule has 1 aliphatic rings. The summed E-state index contributed by atoms with van der Waals surface area (Å²) in [5.74, 6) is 0.0791. The highest BCUT2D eigenvalue weighted by molar-refractivity contribution is 5.85. The van der Waals surface area contributed by atoms with E-state index < -0.39 is 0 Å². The van der Waals surface area contributed by atoms with E-state index in [1.165, 1.54) is 0 Å². The molecule has 1 saturated heterocycles. The average Bonchev–Trinajstić information content (AvgIpc) is 2.27. The average molecular weight is 265 g/mol. The lowest BCUT2D eigenvalue weighted by atomic mass is 10.1. The highest BCUT2D eigenvalue weighted by atomic mass is 35.5. The quantitative estimate of drug-likeness (QED) is 0.839. The first-order chi connectivity index (χ1) is 7.58. The first-order valence-corrected chi connectivity index (χ1v) is 6.28. The van der Waals surface area contributed by atoms with E-state index in [-0.39, 0.29) is 36.6 Å². The molecule has 4 nitrogen and oxygen atoms in total. The highest BCUT2D eigenvalue weighted by Gasteiger charge is 2.29. The van der Waals surface area contributed by atoms with Gasteiger partial charge in [0, 0.05) is 13.1 Å². The number of amides is 1. The molecule has 0 aliphatic carbocycles. The van der Waals surface area contributed by atoms with Crippen molar-refractivity contribution in [3.63, 3.8) is 0 Å². The molecule has 0 saturated carbocycles. The van der Waals surface area contributed by atoms with E-state index in [2.05, 4.69) is 6.92 Å². The van der Waals surface area contributed by atoms with Gasteiger partial charge >= 0.3 is 0 Å². The smallest absolute Gasteiger partial charge is 0.239 e. The Kier molecular flexibility index (Phi) is 7.75. The minimum atomic E-state index is -0.340. The van der Waals surface area contributed by atoms with Crippen molar-refractivity contribution < 1.29 is 9.53 Å². The summed E-state index contributed by atoms with van der Waals surface area (Å²) in [5, 5.41) is 0. The summed E-state index contributed by atoms with van der Waals surface area (Å²) in [7, 11) is 0. The zero-order valence-corrected chi connectivity index (χ0v) is 11.8. The van der Waals surface area contributed by atoms with Gasteiger partial charge in [0.15, 0.2) is 0 Å². The van der Waals surface area contributed by atoms with Crippen LogP contribution in [0.1, 0.15) is 40.0 Å². The second-order valence-corrected chi connectivity index (χ2v) is 4.62. The van der Waals surface area contributed by atoms with Crippen LogP contribution in [0.3, 0.4) is 0 Å². The molecule has 0 bridgehead atoms. The normalized spacial score (nSPS) is 26.2. The van der Waals surface area contributed by atoms with E-state index in [4.69, 9.17) is 10.5 Å². The lowest BCUT2D eigenvalue weighted by Gasteiger charge is -2.37. The number of ether oxygens (including phenoxy) is 1. The van der Waals surface area contributed by atoms with Crippen molar-refractivity contribution in [3.8, 4) is 0 Å². The van der Waals surface area contributed by atoms with Crippen molar-refractivity contribution in [1.82, 2.24) is 4.90 Å². The van der Waals surface area contributed by atoms with E-state index in [1.807, 2.05) is 18.7 Å². The number of carbonyl (C=O) groups is 1. The van der Waals surface area contributed by atoms with Gasteiger partial charge in [0.1, 0.15) is 0 Å². The maximum Gasteiger partial charge on any atom is 0.239 e. The van der Waals surface area contributed by atoms with Gasteiger partial charge in [-0.05, 0) is 19.8 Å². The fourth-order valence-electron chi connectivity index (χ4n) is 2.12. The van der Waals surface area contributed by atoms with Crippen LogP contribution in [-0.2, 0) is 9.53 Å². The lowest BCUT2D eigenvalue weighted by molar-refractivity contribution is -0.146. The third-order valence-corrected chi connectivity index (χ3v) is 3.01. The zero-order chi connectivity index (χ0) is 12.1. The molecule has 0 aromatic rings. The lowest BCUT2D eigenvalue weighted by Crippen LogP contribution is -2.53. The van der Waals surface area contributed by atoms with Gasteiger partial charge in [-0.3, -0.25) is 4.79 Å². The molecule has 0 aromatic carbocycles. The topological polar surface area (TPSA) is 55.6 Å². The first kappa shape index (κ1) is 16.7. The van der Waals surface area contributed by atoms with Gasteiger partial charge in [-0.2, -0.15) is 0 Å². The third-order valence-electron chi connectivity index (χ3n) is 3.01. The second kappa shape index (κ2) is 7.90. The molecule has 5 heteroatoms. The van der Waals surface area contributed by atoms with Gasteiger partial charge in [0.2, 0.25) is 5.91 Å². The van der Waals surface area contributed by atoms with Crippen LogP contribution in [0.15, 0.2) is 0 Å². The Labute approximate surface area is 110 Å². The summed E-state index contributed by atoms with van der Waals surface area (Å²) >= 11 is 0. The maximum atomic E-state index is 12.0. The SMILES string of the molecule is CCCC(N)C(=O)N1CC(C)OC(CC)C1.Cl. The monoisotopic (exact) mass is 264 g/mol. The van der Waals surface area contributed by atoms with Crippen LogP contribution in [0.2, 0.25) is 0 Å². The Bertz CT molecular complexity index is 239. The van der Waals surface area contributed by atoms with Crippen molar-refractivity contribution in [2.75, 3.05) is 13.1 Å². The Morgan fingerprint density at radius 3 is 2.65 bits per heavy atom. The van der Waals surface area contributed by atoms with Crippen LogP contribution in [-0.4, -0.2) is 42.1 Å². The zero-order valence-electron chi connectivity index (χ0n) is 11.0. The molecule has 1 aliphatic heterocycles. The van der Waals surface area contributed by atoms with Crippen LogP contribution in [0, 0.1) is 0 Å². The molecule has 102 valence electrons. The molecule has 1 amide bonds. The number of rotatable bonds is 4. The van der Waals surface area contributed by atoms with E-state index in [1.54, 1.807) is 0 Å². The Morgan fingerprint density at radius 2 is 2.12 bits per heavy atom. The van der Waals surface area contributed by atoms with E-state index in [0.717, 1.165) is 19.3 Å². The molecule has 3 atom stereocenters. The van der Waals surface area contributed by atoms with E-state index in [0.29, 0.717) is 13.1 Å². The van der Waals surface area contributed by atoms with Crippen molar-refractivity contribution >= 4 is 18.3 Å². The maximum absolute atomic E-state index is 12.0. The molecule has 0 radical (unpaired) electrons. The van der Waals surface area contributed by atoms with Crippen LogP contribution >= 0.6 is 12.4 Å². The predicted molar refractivity (Wildman–Crippen MR) is 71.3 cm³/mol. The molecule has 3 unspecified atom stereocenters. The molecular formula is C12H25ClN2O2. The summed E-state index contributed by atoms with van der Waals surface area (Å²) in [6, 6.07) is -0.340. The second-order valence-electron chi connectivity index (χ2n) is 4.62. The molecule has 17 heavy (non-hydrogen) atoms. The van der Waals surface area contributed by atoms with Gasteiger partial charge in [-0.25, -0.2) is 0 Å². The molecule has 1 rings (SSSR count). The van der Waals surface area contributed by atoms with Crippen molar-refractivity contribution in [2.45, 2.75) is 58.3 Å². The van der Waals surface area contributed by atoms with E-state index >= 15 is 0 Å². The van der Waals surface area contributed by atoms with Crippen LogP contribution in [0.25, 0.3) is 0 Å². The third kappa shape index (κ3) is 4.82. The number of nitrogens with two attached hydrogens (primary N) is 1. The first-order valence-electron chi connectivity index (χ1n) is 6.28. The van der Waals surface area contributed by atoms with Crippen LogP contribution in [0.4, 0.5) is 0 Å². The summed E-state index contributed by atoms with van der Waals surface area (Å²) in [4.78, 5) is 13.9. The molecule has 1 heterocycles. The van der Waals surface area contributed by atoms with Gasteiger partial charge in [0.05, 0.1) is 18.2 Å². The van der Waals surface area contributed by atoms with Crippen LogP contribution < -0.4 is 5.73 Å². The minimum Gasteiger partial charge on any atom is -0.372 e. The fraction of sp³-hybridized carbons (Fsp3) is 0.917. The van der Waals surface area contributed by atoms with Crippen molar-refractivity contribution in [1.29, 1.82) is 0 Å². The Balaban J connectivity index is 0.00000256. The number of nitrogens with zero attached hydrogens (tertiary/aromatic N) is 1. The molecule has 2 N–H and O–H groups in total. The molecule has 0 spiro atoms. The standard InChI is InChI=1S/C12H24N2O2.ClH/c1-4-6-11(13)12(15)14-7-9(3)16-10(5-2)8-14;/h9-11H,4-8,13H2,1-3H3;1H. The molecule has 0 aromatic heterocycles. The highest BCUT2D eigenvalue weighted by Crippen LogP contribution is 2.14. The van der Waals surface area contributed by atoms with Crippen molar-refractivity contribution in [3.05, 3.63) is 0 Å².